The number of carbonyl (C=O) groups is 1. The average Bonchev–Trinajstić information content (AvgIpc) is 2.75. The summed E-state index contributed by atoms with van der Waals surface area (Å²) in [5, 5.41) is 0. The molecule has 1 aliphatic carbocycles. The van der Waals surface area contributed by atoms with Gasteiger partial charge in [0, 0.05) is 13.2 Å². The lowest BCUT2D eigenvalue weighted by molar-refractivity contribution is 0.0307. The molecular weight excluding hydrogens is 192 g/mol. The molecule has 0 bridgehead atoms. The molecule has 15 heavy (non-hydrogen) atoms. The van der Waals surface area contributed by atoms with Crippen LogP contribution < -0.4 is 5.73 Å². The third-order valence-electron chi connectivity index (χ3n) is 2.81. The van der Waals surface area contributed by atoms with Crippen molar-refractivity contribution in [3.63, 3.8) is 0 Å². The monoisotopic (exact) mass is 208 g/mol. The maximum Gasteiger partial charge on any atom is 0.355 e. The van der Waals surface area contributed by atoms with Crippen molar-refractivity contribution in [3.8, 4) is 0 Å². The molecular formula is C11H16N2O2. The van der Waals surface area contributed by atoms with E-state index in [0.29, 0.717) is 11.4 Å². The van der Waals surface area contributed by atoms with Gasteiger partial charge in [-0.3, -0.25) is 0 Å². The molecule has 2 rings (SSSR count). The fourth-order valence-electron chi connectivity index (χ4n) is 2.01. The van der Waals surface area contributed by atoms with Gasteiger partial charge in [-0.05, 0) is 31.7 Å². The fourth-order valence-corrected chi connectivity index (χ4v) is 2.01. The number of aromatic nitrogens is 1. The van der Waals surface area contributed by atoms with Crippen LogP contribution in [0, 0.1) is 0 Å². The third-order valence-corrected chi connectivity index (χ3v) is 2.81. The molecule has 1 saturated carbocycles. The molecule has 0 saturated heterocycles. The Kier molecular flexibility index (Phi) is 2.66. The zero-order valence-electron chi connectivity index (χ0n) is 8.90. The lowest BCUT2D eigenvalue weighted by Crippen LogP contribution is -2.16. The van der Waals surface area contributed by atoms with Gasteiger partial charge in [0.1, 0.15) is 11.8 Å². The van der Waals surface area contributed by atoms with Crippen molar-refractivity contribution < 1.29 is 9.53 Å². The Bertz CT molecular complexity index is 365. The normalized spacial score (nSPS) is 16.9. The van der Waals surface area contributed by atoms with Crippen molar-refractivity contribution in [2.45, 2.75) is 31.8 Å². The Balaban J connectivity index is 2.03. The van der Waals surface area contributed by atoms with Gasteiger partial charge in [0.2, 0.25) is 0 Å². The van der Waals surface area contributed by atoms with E-state index in [-0.39, 0.29) is 12.1 Å². The molecule has 0 unspecified atom stereocenters. The minimum atomic E-state index is -0.263. The number of hydrogen-bond acceptors (Lipinski definition) is 3. The first kappa shape index (κ1) is 10.1. The lowest BCUT2D eigenvalue weighted by Gasteiger charge is -2.11. The second kappa shape index (κ2) is 3.96. The van der Waals surface area contributed by atoms with Gasteiger partial charge in [-0.2, -0.15) is 0 Å². The first-order valence-corrected chi connectivity index (χ1v) is 5.29. The zero-order chi connectivity index (χ0) is 10.8. The van der Waals surface area contributed by atoms with Crippen LogP contribution in [0.15, 0.2) is 12.3 Å². The second-order valence-electron chi connectivity index (χ2n) is 4.08. The van der Waals surface area contributed by atoms with Gasteiger partial charge in [0.25, 0.3) is 0 Å². The molecule has 0 aliphatic heterocycles. The Morgan fingerprint density at radius 1 is 1.53 bits per heavy atom. The largest absolute Gasteiger partial charge is 0.458 e. The van der Waals surface area contributed by atoms with Gasteiger partial charge in [-0.1, -0.05) is 0 Å². The maximum absolute atomic E-state index is 11.7. The number of carbonyl (C=O) groups excluding carboxylic acids is 1. The van der Waals surface area contributed by atoms with E-state index in [0.717, 1.165) is 25.7 Å². The van der Waals surface area contributed by atoms with Crippen LogP contribution in [0.5, 0.6) is 0 Å². The minimum Gasteiger partial charge on any atom is -0.458 e. The highest BCUT2D eigenvalue weighted by Crippen LogP contribution is 2.22. The summed E-state index contributed by atoms with van der Waals surface area (Å²) in [6, 6.07) is 1.65. The van der Waals surface area contributed by atoms with Crippen molar-refractivity contribution in [2.75, 3.05) is 5.73 Å². The van der Waals surface area contributed by atoms with Crippen molar-refractivity contribution in [3.05, 3.63) is 18.0 Å². The molecule has 2 N–H and O–H groups in total. The number of nitrogens with zero attached hydrogens (tertiary/aromatic N) is 1. The van der Waals surface area contributed by atoms with Gasteiger partial charge in [-0.15, -0.1) is 0 Å². The molecule has 4 nitrogen and oxygen atoms in total. The quantitative estimate of drug-likeness (QED) is 0.753. The number of hydrogen-bond donors (Lipinski definition) is 1. The predicted octanol–water partition coefficient (Wildman–Crippen LogP) is 1.71. The summed E-state index contributed by atoms with van der Waals surface area (Å²) < 4.78 is 7.08. The van der Waals surface area contributed by atoms with Crippen molar-refractivity contribution in [1.82, 2.24) is 4.57 Å². The third kappa shape index (κ3) is 2.14. The molecule has 0 spiro atoms. The summed E-state index contributed by atoms with van der Waals surface area (Å²) in [7, 11) is 1.79. The molecule has 1 aromatic rings. The number of anilines is 1. The summed E-state index contributed by atoms with van der Waals surface area (Å²) in [5.41, 5.74) is 6.72. The van der Waals surface area contributed by atoms with E-state index in [2.05, 4.69) is 0 Å². The van der Waals surface area contributed by atoms with Crippen LogP contribution in [0.4, 0.5) is 5.69 Å². The molecule has 1 aliphatic rings. The van der Waals surface area contributed by atoms with Gasteiger partial charge in [0.05, 0.1) is 5.69 Å². The van der Waals surface area contributed by atoms with Gasteiger partial charge >= 0.3 is 5.97 Å². The van der Waals surface area contributed by atoms with E-state index in [1.165, 1.54) is 0 Å². The zero-order valence-corrected chi connectivity index (χ0v) is 8.90. The fraction of sp³-hybridized carbons (Fsp3) is 0.545. The second-order valence-corrected chi connectivity index (χ2v) is 4.08. The van der Waals surface area contributed by atoms with Gasteiger partial charge < -0.3 is 15.0 Å². The van der Waals surface area contributed by atoms with Crippen LogP contribution in [0.1, 0.15) is 36.2 Å². The van der Waals surface area contributed by atoms with Crippen molar-refractivity contribution in [2.24, 2.45) is 7.05 Å². The van der Waals surface area contributed by atoms with Crippen LogP contribution in [-0.4, -0.2) is 16.6 Å². The topological polar surface area (TPSA) is 57.2 Å². The number of nitrogen functional groups attached to an aromatic ring is 1. The standard InChI is InChI=1S/C11H16N2O2/c1-13-7-8(12)6-10(13)11(14)15-9-4-2-3-5-9/h6-7,9H,2-5,12H2,1H3. The van der Waals surface area contributed by atoms with E-state index < -0.39 is 0 Å². The molecule has 0 radical (unpaired) electrons. The van der Waals surface area contributed by atoms with E-state index in [4.69, 9.17) is 10.5 Å². The minimum absolute atomic E-state index is 0.105. The highest BCUT2D eigenvalue weighted by Gasteiger charge is 2.21. The van der Waals surface area contributed by atoms with Crippen molar-refractivity contribution in [1.29, 1.82) is 0 Å². The Hall–Kier alpha value is -1.45. The van der Waals surface area contributed by atoms with Crippen LogP contribution in [-0.2, 0) is 11.8 Å². The molecule has 1 aromatic heterocycles. The molecule has 0 aromatic carbocycles. The molecule has 0 atom stereocenters. The number of aryl methyl sites for hydroxylation is 1. The number of rotatable bonds is 2. The number of esters is 1. The summed E-state index contributed by atoms with van der Waals surface area (Å²) in [6.45, 7) is 0. The van der Waals surface area contributed by atoms with Crippen LogP contribution in [0.25, 0.3) is 0 Å². The Morgan fingerprint density at radius 3 is 2.73 bits per heavy atom. The van der Waals surface area contributed by atoms with Crippen LogP contribution >= 0.6 is 0 Å². The first-order valence-electron chi connectivity index (χ1n) is 5.29. The summed E-state index contributed by atoms with van der Waals surface area (Å²) in [4.78, 5) is 11.7. The molecule has 0 amide bonds. The van der Waals surface area contributed by atoms with Crippen LogP contribution in [0.2, 0.25) is 0 Å². The Morgan fingerprint density at radius 2 is 2.20 bits per heavy atom. The molecule has 1 heterocycles. The lowest BCUT2D eigenvalue weighted by atomic mass is 10.3. The van der Waals surface area contributed by atoms with E-state index in [9.17, 15) is 4.79 Å². The van der Waals surface area contributed by atoms with Crippen molar-refractivity contribution >= 4 is 11.7 Å². The van der Waals surface area contributed by atoms with E-state index in [1.807, 2.05) is 0 Å². The SMILES string of the molecule is Cn1cc(N)cc1C(=O)OC1CCCC1. The van der Waals surface area contributed by atoms with Crippen LogP contribution in [0.3, 0.4) is 0 Å². The molecule has 1 fully saturated rings. The molecule has 4 heteroatoms. The summed E-state index contributed by atoms with van der Waals surface area (Å²) >= 11 is 0. The number of nitrogens with two attached hydrogens (primary N) is 1. The summed E-state index contributed by atoms with van der Waals surface area (Å²) in [5.74, 6) is -0.263. The molecule has 82 valence electrons. The average molecular weight is 208 g/mol. The first-order chi connectivity index (χ1) is 7.16. The Labute approximate surface area is 89.0 Å². The summed E-state index contributed by atoms with van der Waals surface area (Å²) in [6.07, 6.45) is 6.12. The van der Waals surface area contributed by atoms with Gasteiger partial charge in [-0.25, -0.2) is 4.79 Å². The van der Waals surface area contributed by atoms with Gasteiger partial charge in [0.15, 0.2) is 0 Å². The highest BCUT2D eigenvalue weighted by atomic mass is 16.5. The van der Waals surface area contributed by atoms with E-state index >= 15 is 0 Å². The smallest absolute Gasteiger partial charge is 0.355 e. The highest BCUT2D eigenvalue weighted by molar-refractivity contribution is 5.89. The number of ether oxygens (including phenoxy) is 1. The maximum atomic E-state index is 11.7. The van der Waals surface area contributed by atoms with E-state index in [1.54, 1.807) is 23.9 Å². The predicted molar refractivity (Wildman–Crippen MR) is 57.5 cm³/mol.